The zero-order valence-electron chi connectivity index (χ0n) is 16.7. The van der Waals surface area contributed by atoms with Gasteiger partial charge in [0, 0.05) is 26.7 Å². The van der Waals surface area contributed by atoms with Crippen molar-refractivity contribution in [2.24, 2.45) is 4.99 Å². The topological polar surface area (TPSA) is 75.2 Å². The number of para-hydroxylation sites is 2. The molecule has 0 saturated heterocycles. The molecule has 0 saturated carbocycles. The van der Waals surface area contributed by atoms with Crippen molar-refractivity contribution in [1.82, 2.24) is 10.6 Å². The number of aliphatic imine (C=N–C) groups is 1. The number of anilines is 1. The summed E-state index contributed by atoms with van der Waals surface area (Å²) < 4.78 is 10.7. The van der Waals surface area contributed by atoms with Gasteiger partial charge in [-0.25, -0.2) is 0 Å². The van der Waals surface area contributed by atoms with E-state index in [0.717, 1.165) is 35.1 Å². The van der Waals surface area contributed by atoms with Gasteiger partial charge in [0.05, 0.1) is 12.8 Å². The van der Waals surface area contributed by atoms with Gasteiger partial charge in [-0.05, 0) is 36.2 Å². The molecule has 0 aliphatic carbocycles. The van der Waals surface area contributed by atoms with Crippen LogP contribution in [0.2, 0.25) is 0 Å². The van der Waals surface area contributed by atoms with Crippen LogP contribution in [0.15, 0.2) is 53.5 Å². The molecule has 0 aromatic heterocycles. The van der Waals surface area contributed by atoms with Crippen LogP contribution < -0.4 is 25.0 Å². The first-order valence-electron chi connectivity index (χ1n) is 9.31. The number of guanidine groups is 1. The predicted molar refractivity (Wildman–Crippen MR) is 126 cm³/mol. The van der Waals surface area contributed by atoms with E-state index in [1.165, 1.54) is 0 Å². The van der Waals surface area contributed by atoms with Gasteiger partial charge in [0.2, 0.25) is 0 Å². The van der Waals surface area contributed by atoms with E-state index in [-0.39, 0.29) is 36.5 Å². The van der Waals surface area contributed by atoms with Gasteiger partial charge in [-0.15, -0.1) is 24.0 Å². The van der Waals surface area contributed by atoms with E-state index in [0.29, 0.717) is 19.6 Å². The maximum Gasteiger partial charge on any atom is 0.265 e. The zero-order valence-corrected chi connectivity index (χ0v) is 19.0. The highest BCUT2D eigenvalue weighted by Gasteiger charge is 2.24. The highest BCUT2D eigenvalue weighted by Crippen LogP contribution is 2.31. The average molecular weight is 510 g/mol. The number of amides is 1. The lowest BCUT2D eigenvalue weighted by Gasteiger charge is -2.29. The number of carbonyl (C=O) groups is 1. The van der Waals surface area contributed by atoms with Crippen LogP contribution in [-0.4, -0.2) is 45.7 Å². The molecule has 1 aliphatic rings. The number of nitrogens with one attached hydrogen (secondary N) is 2. The van der Waals surface area contributed by atoms with Gasteiger partial charge in [-0.2, -0.15) is 0 Å². The summed E-state index contributed by atoms with van der Waals surface area (Å²) in [5.74, 6) is 2.29. The molecule has 1 aliphatic heterocycles. The summed E-state index contributed by atoms with van der Waals surface area (Å²) in [6, 6.07) is 15.5. The summed E-state index contributed by atoms with van der Waals surface area (Å²) >= 11 is 0. The first kappa shape index (κ1) is 22.8. The molecule has 7 nitrogen and oxygen atoms in total. The largest absolute Gasteiger partial charge is 0.497 e. The second-order valence-corrected chi connectivity index (χ2v) is 6.36. The van der Waals surface area contributed by atoms with Crippen LogP contribution in [0.1, 0.15) is 12.0 Å². The summed E-state index contributed by atoms with van der Waals surface area (Å²) in [6.45, 7) is 2.06. The number of nitrogens with zero attached hydrogens (tertiary/aromatic N) is 2. The molecule has 8 heteroatoms. The minimum Gasteiger partial charge on any atom is -0.497 e. The van der Waals surface area contributed by atoms with Crippen LogP contribution in [0, 0.1) is 0 Å². The van der Waals surface area contributed by atoms with Gasteiger partial charge in [0.15, 0.2) is 12.6 Å². The van der Waals surface area contributed by atoms with Gasteiger partial charge in [0.25, 0.3) is 5.91 Å². The molecule has 0 bridgehead atoms. The quantitative estimate of drug-likeness (QED) is 0.260. The van der Waals surface area contributed by atoms with Crippen LogP contribution >= 0.6 is 24.0 Å². The predicted octanol–water partition coefficient (Wildman–Crippen LogP) is 2.79. The van der Waals surface area contributed by atoms with E-state index in [4.69, 9.17) is 9.47 Å². The number of carbonyl (C=O) groups excluding carboxylic acids is 1. The summed E-state index contributed by atoms with van der Waals surface area (Å²) in [6.07, 6.45) is 0.792. The Labute approximate surface area is 188 Å². The standard InChI is InChI=1S/C21H26N4O3.HI/c1-22-21(24-14-16-7-5-8-17(13-16)27-2)23-11-6-12-25-18-9-3-4-10-19(18)28-15-20(25)26;/h3-5,7-10,13H,6,11-12,14-15H2,1-2H3,(H2,22,23,24);1H. The molecule has 2 aromatic carbocycles. The SMILES string of the molecule is CN=C(NCCCN1C(=O)COc2ccccc21)NCc1cccc(OC)c1.I. The molecule has 0 atom stereocenters. The summed E-state index contributed by atoms with van der Waals surface area (Å²) in [7, 11) is 3.40. The second-order valence-electron chi connectivity index (χ2n) is 6.36. The highest BCUT2D eigenvalue weighted by molar-refractivity contribution is 14.0. The minimum absolute atomic E-state index is 0. The van der Waals surface area contributed by atoms with Crippen LogP contribution in [-0.2, 0) is 11.3 Å². The Morgan fingerprint density at radius 1 is 1.21 bits per heavy atom. The van der Waals surface area contributed by atoms with E-state index in [2.05, 4.69) is 15.6 Å². The Morgan fingerprint density at radius 2 is 2.03 bits per heavy atom. The number of methoxy groups -OCH3 is 1. The van der Waals surface area contributed by atoms with E-state index in [1.807, 2.05) is 48.5 Å². The first-order chi connectivity index (χ1) is 13.7. The maximum absolute atomic E-state index is 12.2. The number of rotatable bonds is 7. The summed E-state index contributed by atoms with van der Waals surface area (Å²) in [5.41, 5.74) is 1.94. The Morgan fingerprint density at radius 3 is 2.83 bits per heavy atom. The second kappa shape index (κ2) is 11.5. The van der Waals surface area contributed by atoms with E-state index in [1.54, 1.807) is 19.1 Å². The third-order valence-corrected chi connectivity index (χ3v) is 4.48. The fourth-order valence-corrected chi connectivity index (χ4v) is 3.03. The van der Waals surface area contributed by atoms with Crippen LogP contribution in [0.4, 0.5) is 5.69 Å². The lowest BCUT2D eigenvalue weighted by Crippen LogP contribution is -2.41. The molecule has 2 aromatic rings. The molecule has 0 spiro atoms. The number of halogens is 1. The lowest BCUT2D eigenvalue weighted by molar-refractivity contribution is -0.121. The molecule has 0 fully saturated rings. The fourth-order valence-electron chi connectivity index (χ4n) is 3.03. The number of fused-ring (bicyclic) bond motifs is 1. The Kier molecular flexibility index (Phi) is 9.04. The van der Waals surface area contributed by atoms with Crippen LogP contribution in [0.3, 0.4) is 0 Å². The lowest BCUT2D eigenvalue weighted by atomic mass is 10.2. The number of hydrogen-bond acceptors (Lipinski definition) is 4. The molecule has 3 rings (SSSR count). The van der Waals surface area contributed by atoms with Crippen molar-refractivity contribution in [3.05, 3.63) is 54.1 Å². The van der Waals surface area contributed by atoms with Crippen molar-refractivity contribution in [3.63, 3.8) is 0 Å². The Bertz CT molecular complexity index is 844. The smallest absolute Gasteiger partial charge is 0.265 e. The molecule has 2 N–H and O–H groups in total. The molecule has 29 heavy (non-hydrogen) atoms. The van der Waals surface area contributed by atoms with Crippen molar-refractivity contribution in [2.45, 2.75) is 13.0 Å². The van der Waals surface area contributed by atoms with Crippen molar-refractivity contribution in [2.75, 3.05) is 38.8 Å². The van der Waals surface area contributed by atoms with E-state index in [9.17, 15) is 4.79 Å². The highest BCUT2D eigenvalue weighted by atomic mass is 127. The van der Waals surface area contributed by atoms with Gasteiger partial charge in [-0.1, -0.05) is 24.3 Å². The molecular formula is C21H27IN4O3. The van der Waals surface area contributed by atoms with E-state index >= 15 is 0 Å². The van der Waals surface area contributed by atoms with Gasteiger partial charge < -0.3 is 25.0 Å². The first-order valence-corrected chi connectivity index (χ1v) is 9.31. The van der Waals surface area contributed by atoms with Crippen molar-refractivity contribution in [1.29, 1.82) is 0 Å². The van der Waals surface area contributed by atoms with Gasteiger partial charge >= 0.3 is 0 Å². The number of benzene rings is 2. The van der Waals surface area contributed by atoms with Crippen LogP contribution in [0.25, 0.3) is 0 Å². The Balaban J connectivity index is 0.00000300. The molecule has 1 heterocycles. The van der Waals surface area contributed by atoms with Gasteiger partial charge in [0.1, 0.15) is 11.5 Å². The number of ether oxygens (including phenoxy) is 2. The third-order valence-electron chi connectivity index (χ3n) is 4.48. The van der Waals surface area contributed by atoms with Gasteiger partial charge in [-0.3, -0.25) is 9.79 Å². The molecule has 1 amide bonds. The average Bonchev–Trinajstić information content (AvgIpc) is 2.74. The van der Waals surface area contributed by atoms with Crippen LogP contribution in [0.5, 0.6) is 11.5 Å². The maximum atomic E-state index is 12.2. The fraction of sp³-hybridized carbons (Fsp3) is 0.333. The van der Waals surface area contributed by atoms with Crippen molar-refractivity contribution < 1.29 is 14.3 Å². The summed E-state index contributed by atoms with van der Waals surface area (Å²) in [4.78, 5) is 18.2. The molecule has 0 unspecified atom stereocenters. The van der Waals surface area contributed by atoms with Crippen molar-refractivity contribution >= 4 is 41.5 Å². The number of hydrogen-bond donors (Lipinski definition) is 2. The third kappa shape index (κ3) is 6.25. The molecule has 0 radical (unpaired) electrons. The van der Waals surface area contributed by atoms with Crippen molar-refractivity contribution in [3.8, 4) is 11.5 Å². The Hall–Kier alpha value is -2.49. The minimum atomic E-state index is -0.0146. The molecule has 156 valence electrons. The zero-order chi connectivity index (χ0) is 19.8. The molecular weight excluding hydrogens is 483 g/mol. The van der Waals surface area contributed by atoms with E-state index < -0.39 is 0 Å². The summed E-state index contributed by atoms with van der Waals surface area (Å²) in [5, 5.41) is 6.57. The monoisotopic (exact) mass is 510 g/mol. The normalized spacial score (nSPS) is 13.1.